The topological polar surface area (TPSA) is 87.9 Å². The molecule has 1 aliphatic carbocycles. The predicted octanol–water partition coefficient (Wildman–Crippen LogP) is 3.64. The summed E-state index contributed by atoms with van der Waals surface area (Å²) in [6.45, 7) is 7.08. The lowest BCUT2D eigenvalue weighted by Crippen LogP contribution is -2.47. The van der Waals surface area contributed by atoms with E-state index in [1.165, 1.54) is 28.7 Å². The van der Waals surface area contributed by atoms with Gasteiger partial charge in [-0.1, -0.05) is 12.1 Å². The highest BCUT2D eigenvalue weighted by Crippen LogP contribution is 2.40. The molecule has 0 saturated carbocycles. The number of nitro benzene ring substituents is 1. The first-order valence-corrected chi connectivity index (χ1v) is 13.3. The molecule has 0 spiro atoms. The van der Waals surface area contributed by atoms with E-state index in [2.05, 4.69) is 14.7 Å². The average Bonchev–Trinajstić information content (AvgIpc) is 3.27. The Morgan fingerprint density at radius 2 is 1.71 bits per heavy atom. The molecule has 0 radical (unpaired) electrons. The van der Waals surface area contributed by atoms with Gasteiger partial charge >= 0.3 is 0 Å². The van der Waals surface area contributed by atoms with Crippen LogP contribution >= 0.6 is 11.3 Å². The third-order valence-corrected chi connectivity index (χ3v) is 8.49. The van der Waals surface area contributed by atoms with Crippen LogP contribution in [0.3, 0.4) is 0 Å². The second-order valence-electron chi connectivity index (χ2n) is 9.46. The molecule has 0 amide bonds. The van der Waals surface area contributed by atoms with Crippen molar-refractivity contribution in [3.8, 4) is 0 Å². The molecule has 0 N–H and O–H groups in total. The maximum Gasteiger partial charge on any atom is 0.292 e. The van der Waals surface area contributed by atoms with E-state index in [9.17, 15) is 10.1 Å². The number of para-hydroxylation sites is 2. The molecule has 0 bridgehead atoms. The van der Waals surface area contributed by atoms with E-state index < -0.39 is 0 Å². The number of piperazine rings is 1. The van der Waals surface area contributed by atoms with E-state index in [0.717, 1.165) is 88.3 Å². The molecule has 35 heavy (non-hydrogen) atoms. The number of fused-ring (bicyclic) bond motifs is 3. The molecule has 3 aromatic rings. The molecule has 4 heterocycles. The number of nitrogens with zero attached hydrogens (tertiary/aromatic N) is 6. The quantitative estimate of drug-likeness (QED) is 0.393. The van der Waals surface area contributed by atoms with Gasteiger partial charge in [-0.05, 0) is 37.3 Å². The summed E-state index contributed by atoms with van der Waals surface area (Å²) in [6, 6.07) is 7.04. The lowest BCUT2D eigenvalue weighted by Gasteiger charge is -2.37. The molecule has 2 fully saturated rings. The highest BCUT2D eigenvalue weighted by molar-refractivity contribution is 7.19. The van der Waals surface area contributed by atoms with Crippen LogP contribution in [0, 0.1) is 10.1 Å². The van der Waals surface area contributed by atoms with Crippen molar-refractivity contribution in [2.24, 2.45) is 0 Å². The number of rotatable bonds is 5. The number of anilines is 2. The number of nitro groups is 1. The van der Waals surface area contributed by atoms with Crippen LogP contribution in [0.4, 0.5) is 17.2 Å². The van der Waals surface area contributed by atoms with Gasteiger partial charge in [-0.25, -0.2) is 9.97 Å². The number of hydrogen-bond acceptors (Lipinski definition) is 9. The second kappa shape index (κ2) is 9.67. The predicted molar refractivity (Wildman–Crippen MR) is 138 cm³/mol. The van der Waals surface area contributed by atoms with Gasteiger partial charge in [-0.3, -0.25) is 15.0 Å². The fraction of sp³-hybridized carbons (Fsp3) is 0.520. The maximum atomic E-state index is 11.5. The number of ether oxygens (including phenoxy) is 1. The minimum Gasteiger partial charge on any atom is -0.379 e. The Morgan fingerprint density at radius 1 is 0.971 bits per heavy atom. The van der Waals surface area contributed by atoms with Gasteiger partial charge in [-0.15, -0.1) is 11.3 Å². The van der Waals surface area contributed by atoms with Crippen molar-refractivity contribution in [2.45, 2.75) is 32.2 Å². The first-order chi connectivity index (χ1) is 17.2. The fourth-order valence-corrected chi connectivity index (χ4v) is 6.76. The van der Waals surface area contributed by atoms with Crippen LogP contribution in [-0.4, -0.2) is 72.3 Å². The lowest BCUT2D eigenvalue weighted by atomic mass is 9.97. The molecule has 9 nitrogen and oxygen atoms in total. The van der Waals surface area contributed by atoms with Crippen LogP contribution in [0.2, 0.25) is 0 Å². The normalized spacial score (nSPS) is 19.2. The van der Waals surface area contributed by atoms with Gasteiger partial charge in [0, 0.05) is 50.2 Å². The first-order valence-electron chi connectivity index (χ1n) is 12.5. The average molecular weight is 495 g/mol. The van der Waals surface area contributed by atoms with Gasteiger partial charge in [0.25, 0.3) is 5.69 Å². The number of hydrogen-bond donors (Lipinski definition) is 0. The molecule has 6 rings (SSSR count). The smallest absolute Gasteiger partial charge is 0.292 e. The van der Waals surface area contributed by atoms with Crippen molar-refractivity contribution >= 4 is 38.7 Å². The zero-order valence-corrected chi connectivity index (χ0v) is 20.6. The Morgan fingerprint density at radius 3 is 2.51 bits per heavy atom. The number of morpholine rings is 1. The van der Waals surface area contributed by atoms with Crippen LogP contribution in [0.25, 0.3) is 10.2 Å². The Kier molecular flexibility index (Phi) is 6.26. The summed E-state index contributed by atoms with van der Waals surface area (Å²) >= 11 is 1.85. The molecular weight excluding hydrogens is 464 g/mol. The van der Waals surface area contributed by atoms with Crippen molar-refractivity contribution in [3.63, 3.8) is 0 Å². The van der Waals surface area contributed by atoms with Gasteiger partial charge < -0.3 is 14.5 Å². The molecule has 3 aliphatic rings. The van der Waals surface area contributed by atoms with Gasteiger partial charge in [0.05, 0.1) is 30.1 Å². The van der Waals surface area contributed by atoms with E-state index in [4.69, 9.17) is 14.7 Å². The molecule has 2 saturated heterocycles. The second-order valence-corrected chi connectivity index (χ2v) is 10.5. The third-order valence-electron chi connectivity index (χ3n) is 7.31. The van der Waals surface area contributed by atoms with Crippen LogP contribution in [0.5, 0.6) is 0 Å². The van der Waals surface area contributed by atoms with Crippen LogP contribution in [0.1, 0.15) is 29.1 Å². The standard InChI is InChI=1S/C25H30N6O3S/c32-31(33)20-7-3-2-6-19(20)29-9-11-30(12-10-29)24-23-18-5-1-4-8-21(18)35-25(23)27-22(26-24)17-28-13-15-34-16-14-28/h2-3,6-7H,1,4-5,8-17H2. The van der Waals surface area contributed by atoms with Crippen LogP contribution in [-0.2, 0) is 24.1 Å². The van der Waals surface area contributed by atoms with Crippen molar-refractivity contribution in [1.82, 2.24) is 14.9 Å². The van der Waals surface area contributed by atoms with Gasteiger partial charge in [0.1, 0.15) is 22.2 Å². The summed E-state index contributed by atoms with van der Waals surface area (Å²) in [5.74, 6) is 1.94. The minimum atomic E-state index is -0.286. The molecule has 1 aromatic carbocycles. The molecule has 0 unspecified atom stereocenters. The monoisotopic (exact) mass is 494 g/mol. The van der Waals surface area contributed by atoms with Crippen LogP contribution in [0.15, 0.2) is 24.3 Å². The molecule has 184 valence electrons. The van der Waals surface area contributed by atoms with Gasteiger partial charge in [0.2, 0.25) is 0 Å². The number of thiophene rings is 1. The Balaban J connectivity index is 1.31. The molecule has 2 aromatic heterocycles. The number of aromatic nitrogens is 2. The summed E-state index contributed by atoms with van der Waals surface area (Å²) in [7, 11) is 0. The van der Waals surface area contributed by atoms with E-state index in [1.807, 2.05) is 23.5 Å². The van der Waals surface area contributed by atoms with E-state index in [1.54, 1.807) is 12.1 Å². The van der Waals surface area contributed by atoms with Crippen LogP contribution < -0.4 is 9.80 Å². The summed E-state index contributed by atoms with van der Waals surface area (Å²) in [5, 5.41) is 12.8. The zero-order chi connectivity index (χ0) is 23.8. The molecule has 2 aliphatic heterocycles. The van der Waals surface area contributed by atoms with Gasteiger partial charge in [-0.2, -0.15) is 0 Å². The van der Waals surface area contributed by atoms with Crippen molar-refractivity contribution in [2.75, 3.05) is 62.3 Å². The van der Waals surface area contributed by atoms with Crippen molar-refractivity contribution in [1.29, 1.82) is 0 Å². The fourth-order valence-electron chi connectivity index (χ4n) is 5.49. The highest BCUT2D eigenvalue weighted by Gasteiger charge is 2.28. The minimum absolute atomic E-state index is 0.171. The van der Waals surface area contributed by atoms with E-state index in [0.29, 0.717) is 5.69 Å². The molecular formula is C25H30N6O3S. The summed E-state index contributed by atoms with van der Waals surface area (Å²) in [4.78, 5) is 30.9. The highest BCUT2D eigenvalue weighted by atomic mass is 32.1. The van der Waals surface area contributed by atoms with E-state index >= 15 is 0 Å². The largest absolute Gasteiger partial charge is 0.379 e. The molecule has 0 atom stereocenters. The van der Waals surface area contributed by atoms with Gasteiger partial charge in [0.15, 0.2) is 0 Å². The third kappa shape index (κ3) is 4.46. The summed E-state index contributed by atoms with van der Waals surface area (Å²) < 4.78 is 5.52. The number of aryl methyl sites for hydroxylation is 2. The summed E-state index contributed by atoms with van der Waals surface area (Å²) in [5.41, 5.74) is 2.32. The number of benzene rings is 1. The Labute approximate surface area is 208 Å². The Bertz CT molecular complexity index is 1230. The summed E-state index contributed by atoms with van der Waals surface area (Å²) in [6.07, 6.45) is 4.71. The molecule has 10 heteroatoms. The zero-order valence-electron chi connectivity index (χ0n) is 19.8. The maximum absolute atomic E-state index is 11.5. The van der Waals surface area contributed by atoms with Crippen molar-refractivity contribution < 1.29 is 9.66 Å². The van der Waals surface area contributed by atoms with E-state index in [-0.39, 0.29) is 10.6 Å². The first kappa shape index (κ1) is 22.6. The SMILES string of the molecule is O=[N+]([O-])c1ccccc1N1CCN(c2nc(CN3CCOCC3)nc3sc4c(c23)CCCC4)CC1. The van der Waals surface area contributed by atoms with Crippen molar-refractivity contribution in [3.05, 3.63) is 50.6 Å². The Hall–Kier alpha value is -2.82. The lowest BCUT2D eigenvalue weighted by molar-refractivity contribution is -0.384.